The van der Waals surface area contributed by atoms with Gasteiger partial charge in [-0.3, -0.25) is 4.57 Å². The lowest BCUT2D eigenvalue weighted by Gasteiger charge is -2.16. The van der Waals surface area contributed by atoms with Gasteiger partial charge >= 0.3 is 7.60 Å². The van der Waals surface area contributed by atoms with Crippen molar-refractivity contribution in [3.63, 3.8) is 0 Å². The van der Waals surface area contributed by atoms with Gasteiger partial charge in [0.2, 0.25) is 7.07 Å². The van der Waals surface area contributed by atoms with Crippen molar-refractivity contribution in [2.75, 3.05) is 14.2 Å². The van der Waals surface area contributed by atoms with Gasteiger partial charge in [0.05, 0.1) is 19.5 Å². The highest BCUT2D eigenvalue weighted by Gasteiger charge is 2.13. The molecule has 0 aromatic heterocycles. The molecule has 2 rings (SSSR count). The van der Waals surface area contributed by atoms with Crippen LogP contribution in [-0.4, -0.2) is 34.9 Å². The minimum Gasteiger partial charge on any atom is -0.497 e. The summed E-state index contributed by atoms with van der Waals surface area (Å²) in [5.41, 5.74) is 1.44. The summed E-state index contributed by atoms with van der Waals surface area (Å²) in [6.45, 7) is 0. The molecule has 0 radical (unpaired) electrons. The van der Waals surface area contributed by atoms with Gasteiger partial charge in [-0.25, -0.2) is 4.78 Å². The zero-order chi connectivity index (χ0) is 19.2. The van der Waals surface area contributed by atoms with Gasteiger partial charge < -0.3 is 19.0 Å². The Bertz CT molecular complexity index is 822. The Kier molecular flexibility index (Phi) is 7.38. The first-order chi connectivity index (χ1) is 12.3. The van der Waals surface area contributed by atoms with E-state index >= 15 is 0 Å². The lowest BCUT2D eigenvalue weighted by molar-refractivity contribution is 0.371. The van der Waals surface area contributed by atoms with Crippen LogP contribution in [0.4, 0.5) is 0 Å². The highest BCUT2D eigenvalue weighted by atomic mass is 32.4. The van der Waals surface area contributed by atoms with Crippen molar-refractivity contribution in [1.29, 1.82) is 0 Å². The number of ether oxygens (including phenoxy) is 1. The summed E-state index contributed by atoms with van der Waals surface area (Å²) in [4.78, 5) is 18.0. The highest BCUT2D eigenvalue weighted by molar-refractivity contribution is 8.02. The lowest BCUT2D eigenvalue weighted by atomic mass is 10.2. The molecule has 0 aliphatic carbocycles. The Labute approximate surface area is 158 Å². The number of rotatable bonds is 8. The molecule has 2 N–H and O–H groups in total. The normalized spacial score (nSPS) is 12.8. The first-order valence-corrected chi connectivity index (χ1v) is 11.8. The van der Waals surface area contributed by atoms with Gasteiger partial charge in [-0.15, -0.1) is 0 Å². The lowest BCUT2D eigenvalue weighted by Crippen LogP contribution is -2.03. The van der Waals surface area contributed by atoms with Crippen LogP contribution in [0.1, 0.15) is 11.1 Å². The van der Waals surface area contributed by atoms with Crippen molar-refractivity contribution in [3.8, 4) is 11.5 Å². The summed E-state index contributed by atoms with van der Waals surface area (Å²) in [7, 11) is -2.54. The van der Waals surface area contributed by atoms with Crippen molar-refractivity contribution >= 4 is 32.7 Å². The molecule has 0 amide bonds. The van der Waals surface area contributed by atoms with E-state index in [1.54, 1.807) is 49.4 Å². The monoisotopic (exact) mass is 414 g/mol. The predicted molar refractivity (Wildman–Crippen MR) is 107 cm³/mol. The van der Waals surface area contributed by atoms with Gasteiger partial charge in [0, 0.05) is 7.05 Å². The van der Waals surface area contributed by atoms with E-state index in [2.05, 4.69) is 5.10 Å². The van der Waals surface area contributed by atoms with Gasteiger partial charge in [-0.1, -0.05) is 12.1 Å². The Morgan fingerprint density at radius 2 is 1.73 bits per heavy atom. The molecule has 1 unspecified atom stereocenters. The SMILES string of the molecule is COc1ccc(/C=N/N(C)[PH](=S)Oc2ccc(CP(=O)(O)O)cc2)cc1. The molecule has 0 saturated carbocycles. The molecule has 0 heterocycles. The zero-order valence-electron chi connectivity index (χ0n) is 14.3. The summed E-state index contributed by atoms with van der Waals surface area (Å²) in [6.07, 6.45) is 1.38. The predicted octanol–water partition coefficient (Wildman–Crippen LogP) is 3.22. The molecule has 1 atom stereocenters. The highest BCUT2D eigenvalue weighted by Crippen LogP contribution is 2.39. The van der Waals surface area contributed by atoms with Crippen LogP contribution in [0.25, 0.3) is 0 Å². The molecule has 0 fully saturated rings. The van der Waals surface area contributed by atoms with Gasteiger partial charge in [0.15, 0.2) is 0 Å². The van der Waals surface area contributed by atoms with Crippen LogP contribution in [0.15, 0.2) is 53.6 Å². The van der Waals surface area contributed by atoms with Crippen molar-refractivity contribution in [2.24, 2.45) is 5.10 Å². The molecule has 2 aromatic rings. The van der Waals surface area contributed by atoms with Crippen molar-refractivity contribution < 1.29 is 23.6 Å². The molecule has 0 bridgehead atoms. The molecule has 2 aromatic carbocycles. The molecule has 0 aliphatic rings. The third kappa shape index (κ3) is 6.90. The first kappa shape index (κ1) is 20.6. The maximum atomic E-state index is 11.0. The van der Waals surface area contributed by atoms with Crippen LogP contribution in [0, 0.1) is 0 Å². The first-order valence-electron chi connectivity index (χ1n) is 7.54. The smallest absolute Gasteiger partial charge is 0.329 e. The van der Waals surface area contributed by atoms with E-state index < -0.39 is 14.7 Å². The fourth-order valence-corrected chi connectivity index (χ4v) is 3.70. The van der Waals surface area contributed by atoms with Gasteiger partial charge in [-0.2, -0.15) is 5.10 Å². The molecule has 10 heteroatoms. The van der Waals surface area contributed by atoms with Crippen LogP contribution in [0.5, 0.6) is 11.5 Å². The molecule has 0 saturated heterocycles. The van der Waals surface area contributed by atoms with Crippen molar-refractivity contribution in [3.05, 3.63) is 59.7 Å². The molecule has 7 nitrogen and oxygen atoms in total. The quantitative estimate of drug-likeness (QED) is 0.389. The number of hydrazone groups is 1. The van der Waals surface area contributed by atoms with Gasteiger partial charge in [-0.05, 0) is 59.3 Å². The summed E-state index contributed by atoms with van der Waals surface area (Å²) >= 11 is 5.36. The van der Waals surface area contributed by atoms with E-state index in [1.165, 1.54) is 0 Å². The third-order valence-electron chi connectivity index (χ3n) is 3.28. The Balaban J connectivity index is 1.93. The maximum absolute atomic E-state index is 11.0. The van der Waals surface area contributed by atoms with Crippen LogP contribution < -0.4 is 9.26 Å². The van der Waals surface area contributed by atoms with E-state index in [4.69, 9.17) is 30.9 Å². The van der Waals surface area contributed by atoms with Crippen LogP contribution >= 0.6 is 14.7 Å². The summed E-state index contributed by atoms with van der Waals surface area (Å²) in [6, 6.07) is 14.0. The second-order valence-corrected chi connectivity index (χ2v) is 9.45. The number of nitrogens with zero attached hydrogens (tertiary/aromatic N) is 2. The van der Waals surface area contributed by atoms with Crippen LogP contribution in [0.2, 0.25) is 0 Å². The van der Waals surface area contributed by atoms with Crippen molar-refractivity contribution in [2.45, 2.75) is 6.16 Å². The Morgan fingerprint density at radius 3 is 2.27 bits per heavy atom. The topological polar surface area (TPSA) is 91.6 Å². The standard InChI is InChI=1S/C16H20N2O5P2S/c1-18(17-11-13-3-7-15(22-2)8-4-13)24(26)23-16-9-5-14(6-10-16)12-25(19,20)21/h3-11,24H,12H2,1-2H3,(H2,19,20,21)/b17-11+. The van der Waals surface area contributed by atoms with E-state index in [9.17, 15) is 4.57 Å². The third-order valence-corrected chi connectivity index (χ3v) is 6.15. The fraction of sp³-hybridized carbons (Fsp3) is 0.188. The van der Waals surface area contributed by atoms with E-state index in [-0.39, 0.29) is 6.16 Å². The summed E-state index contributed by atoms with van der Waals surface area (Å²) < 4.78 is 23.4. The van der Waals surface area contributed by atoms with Crippen LogP contribution in [0.3, 0.4) is 0 Å². The number of hydrogen-bond donors (Lipinski definition) is 2. The molecule has 26 heavy (non-hydrogen) atoms. The van der Waals surface area contributed by atoms with Crippen LogP contribution in [-0.2, 0) is 22.5 Å². The van der Waals surface area contributed by atoms with E-state index in [0.717, 1.165) is 11.3 Å². The minimum absolute atomic E-state index is 0.301. The van der Waals surface area contributed by atoms with E-state index in [0.29, 0.717) is 11.3 Å². The fourth-order valence-electron chi connectivity index (χ4n) is 1.96. The zero-order valence-corrected chi connectivity index (χ0v) is 17.0. The average molecular weight is 414 g/mol. The largest absolute Gasteiger partial charge is 0.497 e. The second-order valence-electron chi connectivity index (χ2n) is 5.38. The number of hydrogen-bond acceptors (Lipinski definition) is 5. The van der Waals surface area contributed by atoms with E-state index in [1.807, 2.05) is 24.3 Å². The molecular weight excluding hydrogens is 394 g/mol. The Hall–Kier alpha value is -1.69. The van der Waals surface area contributed by atoms with Gasteiger partial charge in [0.25, 0.3) is 0 Å². The molecule has 0 aliphatic heterocycles. The maximum Gasteiger partial charge on any atom is 0.329 e. The molecule has 140 valence electrons. The summed E-state index contributed by atoms with van der Waals surface area (Å²) in [5.74, 6) is 1.31. The summed E-state index contributed by atoms with van der Waals surface area (Å²) in [5, 5.41) is 4.29. The molecule has 0 spiro atoms. The second kappa shape index (κ2) is 9.31. The van der Waals surface area contributed by atoms with Gasteiger partial charge in [0.1, 0.15) is 11.5 Å². The number of methoxy groups -OCH3 is 1. The number of benzene rings is 2. The average Bonchev–Trinajstić information content (AvgIpc) is 2.60. The Morgan fingerprint density at radius 1 is 1.15 bits per heavy atom. The minimum atomic E-state index is -4.08. The van der Waals surface area contributed by atoms with Crippen molar-refractivity contribution in [1.82, 2.24) is 4.78 Å². The molecular formula is C16H20N2O5P2S.